The van der Waals surface area contributed by atoms with E-state index in [-0.39, 0.29) is 0 Å². The van der Waals surface area contributed by atoms with Gasteiger partial charge in [0.25, 0.3) is 0 Å². The Morgan fingerprint density at radius 2 is 0.826 bits per heavy atom. The first kappa shape index (κ1) is 43.2. The molecule has 3 heterocycles. The molecular formula is C61H48N4OS3. The summed E-state index contributed by atoms with van der Waals surface area (Å²) in [6.45, 7) is 3.20. The van der Waals surface area contributed by atoms with Gasteiger partial charge in [0, 0.05) is 69.9 Å². The van der Waals surface area contributed by atoms with Crippen LogP contribution in [0.2, 0.25) is 0 Å². The summed E-state index contributed by atoms with van der Waals surface area (Å²) < 4.78 is 0. The van der Waals surface area contributed by atoms with Crippen molar-refractivity contribution in [1.82, 2.24) is 0 Å². The van der Waals surface area contributed by atoms with Crippen molar-refractivity contribution in [3.8, 4) is 11.1 Å². The predicted molar refractivity (Wildman–Crippen MR) is 291 cm³/mol. The first-order valence-electron chi connectivity index (χ1n) is 23.7. The molecule has 69 heavy (non-hydrogen) atoms. The Labute approximate surface area is 417 Å². The topological polar surface area (TPSA) is 30.0 Å². The molecule has 0 aliphatic carbocycles. The van der Waals surface area contributed by atoms with Gasteiger partial charge in [0.2, 0.25) is 0 Å². The quantitative estimate of drug-likeness (QED) is 0.0884. The Morgan fingerprint density at radius 3 is 1.30 bits per heavy atom. The average Bonchev–Trinajstić information content (AvgIpc) is 3.41. The second kappa shape index (κ2) is 18.8. The number of hydrogen-bond acceptors (Lipinski definition) is 8. The zero-order valence-electron chi connectivity index (χ0n) is 38.2. The molecule has 0 unspecified atom stereocenters. The maximum atomic E-state index is 11.9. The van der Waals surface area contributed by atoms with Crippen molar-refractivity contribution < 1.29 is 4.79 Å². The Bertz CT molecular complexity index is 3120. The largest absolute Gasteiger partial charge is 0.340 e. The molecule has 3 aliphatic rings. The molecule has 0 bridgehead atoms. The van der Waals surface area contributed by atoms with Crippen molar-refractivity contribution in [1.29, 1.82) is 0 Å². The van der Waals surface area contributed by atoms with Crippen LogP contribution in [0, 0.1) is 0 Å². The minimum absolute atomic E-state index is 0.707. The van der Waals surface area contributed by atoms with Crippen LogP contribution in [0.15, 0.2) is 236 Å². The third-order valence-electron chi connectivity index (χ3n) is 13.2. The van der Waals surface area contributed by atoms with Crippen LogP contribution in [-0.2, 0) is 0 Å². The summed E-state index contributed by atoms with van der Waals surface area (Å²) >= 11 is 5.41. The number of carbonyl (C=O) groups excluding carboxylic acids is 1. The third-order valence-corrected chi connectivity index (χ3v) is 16.5. The summed E-state index contributed by atoms with van der Waals surface area (Å²) in [7, 11) is 0. The molecule has 0 radical (unpaired) electrons. The highest BCUT2D eigenvalue weighted by Crippen LogP contribution is 2.54. The predicted octanol–water partition coefficient (Wildman–Crippen LogP) is 18.7. The number of aldehydes is 1. The molecule has 0 amide bonds. The highest BCUT2D eigenvalue weighted by Gasteiger charge is 2.28. The number of unbranched alkanes of at least 4 members (excludes halogenated alkanes) is 3. The number of carbonyl (C=O) groups is 1. The maximum absolute atomic E-state index is 11.9. The molecule has 9 aromatic rings. The van der Waals surface area contributed by atoms with Gasteiger partial charge in [-0.05, 0) is 157 Å². The molecular weight excluding hydrogens is 901 g/mol. The lowest BCUT2D eigenvalue weighted by Gasteiger charge is -2.34. The Morgan fingerprint density at radius 1 is 0.406 bits per heavy atom. The molecule has 336 valence electrons. The second-order valence-corrected chi connectivity index (χ2v) is 20.8. The second-order valence-electron chi connectivity index (χ2n) is 17.5. The standard InChI is InChI=1S/C61H48N4OS3/c1-2-3-4-13-38-62-50-36-22-42(41-66)39-60(50)69-61-40-44(25-37-51(61)62)43-23-26-45(27-24-43)63(46-28-32-48(33-29-46)64-52-14-5-9-18-56(52)67-57-19-10-6-15-53(57)64)47-30-34-49(35-31-47)65-54-16-7-11-20-58(54)68-59-21-12-8-17-55(59)65/h5-12,14-37,39-41H,2-4,13,38H2,1H3. The number of para-hydroxylation sites is 4. The summed E-state index contributed by atoms with van der Waals surface area (Å²) in [4.78, 5) is 28.7. The van der Waals surface area contributed by atoms with Crippen LogP contribution in [0.3, 0.4) is 0 Å². The summed E-state index contributed by atoms with van der Waals surface area (Å²) in [5, 5.41) is 0. The van der Waals surface area contributed by atoms with Crippen LogP contribution >= 0.6 is 35.3 Å². The lowest BCUT2D eigenvalue weighted by molar-refractivity contribution is 0.112. The van der Waals surface area contributed by atoms with E-state index in [1.807, 2.05) is 35.7 Å². The monoisotopic (exact) mass is 948 g/mol. The van der Waals surface area contributed by atoms with E-state index >= 15 is 0 Å². The van der Waals surface area contributed by atoms with Crippen LogP contribution in [0.5, 0.6) is 0 Å². The fourth-order valence-corrected chi connectivity index (χ4v) is 13.1. The summed E-state index contributed by atoms with van der Waals surface area (Å²) in [6, 6.07) is 74.7. The number of benzene rings is 9. The Hall–Kier alpha value is -7.10. The van der Waals surface area contributed by atoms with E-state index in [1.165, 1.54) is 77.9 Å². The lowest BCUT2D eigenvalue weighted by atomic mass is 10.0. The van der Waals surface area contributed by atoms with E-state index in [0.29, 0.717) is 5.56 Å². The van der Waals surface area contributed by atoms with Gasteiger partial charge >= 0.3 is 0 Å². The molecule has 0 saturated heterocycles. The van der Waals surface area contributed by atoms with E-state index in [4.69, 9.17) is 0 Å². The van der Waals surface area contributed by atoms with Crippen molar-refractivity contribution in [3.05, 3.63) is 212 Å². The molecule has 9 aromatic carbocycles. The summed E-state index contributed by atoms with van der Waals surface area (Å²) in [5.74, 6) is 0. The molecule has 0 saturated carbocycles. The normalized spacial score (nSPS) is 13.1. The molecule has 0 fully saturated rings. The van der Waals surface area contributed by atoms with Gasteiger partial charge in [0.05, 0.1) is 34.1 Å². The Kier molecular flexibility index (Phi) is 11.8. The smallest absolute Gasteiger partial charge is 0.150 e. The van der Waals surface area contributed by atoms with Gasteiger partial charge < -0.3 is 19.6 Å². The number of rotatable bonds is 12. The van der Waals surface area contributed by atoms with Gasteiger partial charge in [-0.3, -0.25) is 4.79 Å². The van der Waals surface area contributed by atoms with Gasteiger partial charge in [0.1, 0.15) is 6.29 Å². The SMILES string of the molecule is CCCCCCN1c2ccc(C=O)cc2Sc2cc(-c3ccc(N(c4ccc(N5c6ccccc6Sc6ccccc65)cc4)c4ccc(N5c6ccccc6Sc6ccccc65)cc4)cc3)ccc21. The van der Waals surface area contributed by atoms with Crippen molar-refractivity contribution in [2.45, 2.75) is 62.0 Å². The van der Waals surface area contributed by atoms with E-state index in [1.54, 1.807) is 11.8 Å². The molecule has 3 aliphatic heterocycles. The van der Waals surface area contributed by atoms with Crippen molar-refractivity contribution >= 4 is 104 Å². The van der Waals surface area contributed by atoms with Crippen molar-refractivity contribution in [3.63, 3.8) is 0 Å². The third kappa shape index (κ3) is 8.16. The molecule has 0 aromatic heterocycles. The van der Waals surface area contributed by atoms with Gasteiger partial charge in [-0.25, -0.2) is 0 Å². The summed E-state index contributed by atoms with van der Waals surface area (Å²) in [6.07, 6.45) is 5.71. The zero-order valence-corrected chi connectivity index (χ0v) is 40.6. The lowest BCUT2D eigenvalue weighted by Crippen LogP contribution is -2.22. The van der Waals surface area contributed by atoms with Crippen LogP contribution < -0.4 is 19.6 Å². The first-order chi connectivity index (χ1) is 34.1. The van der Waals surface area contributed by atoms with Gasteiger partial charge in [-0.2, -0.15) is 0 Å². The summed E-state index contributed by atoms with van der Waals surface area (Å²) in [5.41, 5.74) is 15.6. The van der Waals surface area contributed by atoms with E-state index < -0.39 is 0 Å². The number of anilines is 11. The number of fused-ring (bicyclic) bond motifs is 6. The number of nitrogens with zero attached hydrogens (tertiary/aromatic N) is 4. The minimum atomic E-state index is 0.707. The van der Waals surface area contributed by atoms with Crippen LogP contribution in [0.4, 0.5) is 62.6 Å². The maximum Gasteiger partial charge on any atom is 0.150 e. The fraction of sp³-hybridized carbons (Fsp3) is 0.0984. The van der Waals surface area contributed by atoms with E-state index in [0.717, 1.165) is 63.7 Å². The highest BCUT2D eigenvalue weighted by atomic mass is 32.2. The van der Waals surface area contributed by atoms with Gasteiger partial charge in [-0.15, -0.1) is 0 Å². The zero-order chi connectivity index (χ0) is 46.3. The molecule has 0 N–H and O–H groups in total. The van der Waals surface area contributed by atoms with Gasteiger partial charge in [0.15, 0.2) is 0 Å². The molecule has 12 rings (SSSR count). The molecule has 8 heteroatoms. The average molecular weight is 949 g/mol. The van der Waals surface area contributed by atoms with E-state index in [9.17, 15) is 4.79 Å². The van der Waals surface area contributed by atoms with Crippen LogP contribution in [0.1, 0.15) is 43.0 Å². The van der Waals surface area contributed by atoms with Gasteiger partial charge in [-0.1, -0.05) is 128 Å². The van der Waals surface area contributed by atoms with E-state index in [2.05, 4.69) is 221 Å². The van der Waals surface area contributed by atoms with Crippen molar-refractivity contribution in [2.75, 3.05) is 26.1 Å². The molecule has 5 nitrogen and oxygen atoms in total. The van der Waals surface area contributed by atoms with Crippen LogP contribution in [0.25, 0.3) is 11.1 Å². The highest BCUT2D eigenvalue weighted by molar-refractivity contribution is 8.00. The number of hydrogen-bond donors (Lipinski definition) is 0. The first-order valence-corrected chi connectivity index (χ1v) is 26.2. The minimum Gasteiger partial charge on any atom is -0.340 e. The molecule has 0 atom stereocenters. The Balaban J connectivity index is 0.908. The molecule has 0 spiro atoms. The fourth-order valence-electron chi connectivity index (χ4n) is 9.81. The van der Waals surface area contributed by atoms with Crippen LogP contribution in [-0.4, -0.2) is 12.8 Å². The van der Waals surface area contributed by atoms with Crippen molar-refractivity contribution in [2.24, 2.45) is 0 Å².